The molecule has 1 amide bonds. The molecule has 34 heavy (non-hydrogen) atoms. The van der Waals surface area contributed by atoms with Gasteiger partial charge < -0.3 is 15.1 Å². The first-order chi connectivity index (χ1) is 16.5. The van der Waals surface area contributed by atoms with E-state index in [0.29, 0.717) is 4.88 Å². The maximum atomic E-state index is 13.2. The lowest BCUT2D eigenvalue weighted by molar-refractivity contribution is 0.0943. The molecule has 4 heterocycles. The summed E-state index contributed by atoms with van der Waals surface area (Å²) in [6.07, 6.45) is 1.83. The van der Waals surface area contributed by atoms with Crippen molar-refractivity contribution in [2.24, 2.45) is 0 Å². The van der Waals surface area contributed by atoms with E-state index in [2.05, 4.69) is 25.1 Å². The predicted molar refractivity (Wildman–Crippen MR) is 138 cm³/mol. The molecule has 0 bridgehead atoms. The van der Waals surface area contributed by atoms with Crippen molar-refractivity contribution in [3.05, 3.63) is 76.6 Å². The van der Waals surface area contributed by atoms with Crippen LogP contribution in [0.15, 0.2) is 54.7 Å². The fourth-order valence-corrected chi connectivity index (χ4v) is 5.57. The maximum absolute atomic E-state index is 13.2. The zero-order chi connectivity index (χ0) is 23.7. The van der Waals surface area contributed by atoms with Crippen molar-refractivity contribution in [2.75, 3.05) is 36.0 Å². The second-order valence-corrected chi connectivity index (χ2v) is 9.60. The highest BCUT2D eigenvalue weighted by Crippen LogP contribution is 2.36. The third-order valence-electron chi connectivity index (χ3n) is 6.29. The Hall–Kier alpha value is -3.52. The Bertz CT molecular complexity index is 1300. The van der Waals surface area contributed by atoms with Crippen molar-refractivity contribution >= 4 is 39.1 Å². The minimum Gasteiger partial charge on any atom is -0.353 e. The van der Waals surface area contributed by atoms with Gasteiger partial charge in [0.1, 0.15) is 22.3 Å². The van der Waals surface area contributed by atoms with Crippen LogP contribution in [-0.4, -0.2) is 47.0 Å². The molecule has 1 atom stereocenters. The molecule has 1 aromatic carbocycles. The van der Waals surface area contributed by atoms with Gasteiger partial charge in [-0.15, -0.1) is 11.3 Å². The Labute approximate surface area is 203 Å². The summed E-state index contributed by atoms with van der Waals surface area (Å²) < 4.78 is 0. The van der Waals surface area contributed by atoms with Crippen molar-refractivity contribution in [1.82, 2.24) is 20.3 Å². The van der Waals surface area contributed by atoms with Crippen molar-refractivity contribution in [1.29, 1.82) is 0 Å². The van der Waals surface area contributed by atoms with Crippen LogP contribution in [0, 0.1) is 13.8 Å². The number of aryl methyl sites for hydroxylation is 2. The summed E-state index contributed by atoms with van der Waals surface area (Å²) in [5, 5.41) is 4.13. The van der Waals surface area contributed by atoms with Crippen molar-refractivity contribution < 1.29 is 4.79 Å². The Morgan fingerprint density at radius 3 is 2.38 bits per heavy atom. The average Bonchev–Trinajstić information content (AvgIpc) is 3.20. The van der Waals surface area contributed by atoms with Crippen LogP contribution in [0.2, 0.25) is 0 Å². The second-order valence-electron chi connectivity index (χ2n) is 8.60. The van der Waals surface area contributed by atoms with Crippen LogP contribution in [0.1, 0.15) is 39.6 Å². The number of hydrogen-bond donors (Lipinski definition) is 1. The molecule has 0 radical (unpaired) electrons. The lowest BCUT2D eigenvalue weighted by Gasteiger charge is -2.36. The average molecular weight is 473 g/mol. The summed E-state index contributed by atoms with van der Waals surface area (Å²) in [5.74, 6) is 2.58. The summed E-state index contributed by atoms with van der Waals surface area (Å²) in [5.41, 5.74) is 2.02. The van der Waals surface area contributed by atoms with Gasteiger partial charge in [-0.05, 0) is 44.0 Å². The molecular weight excluding hydrogens is 444 g/mol. The number of benzene rings is 1. The summed E-state index contributed by atoms with van der Waals surface area (Å²) in [6.45, 7) is 9.34. The number of aromatic nitrogens is 3. The first-order valence-electron chi connectivity index (χ1n) is 11.6. The van der Waals surface area contributed by atoms with Crippen molar-refractivity contribution in [2.45, 2.75) is 26.8 Å². The number of carbonyl (C=O) groups excluding carboxylic acids is 1. The van der Waals surface area contributed by atoms with Crippen LogP contribution in [-0.2, 0) is 0 Å². The first-order valence-corrected chi connectivity index (χ1v) is 12.4. The Balaban J connectivity index is 1.40. The van der Waals surface area contributed by atoms with Gasteiger partial charge in [-0.25, -0.2) is 15.0 Å². The number of amides is 1. The molecule has 5 rings (SSSR count). The zero-order valence-corrected chi connectivity index (χ0v) is 20.5. The molecular formula is C26H28N6OS. The monoisotopic (exact) mass is 472 g/mol. The third-order valence-corrected chi connectivity index (χ3v) is 7.47. The number of thiophene rings is 1. The predicted octanol–water partition coefficient (Wildman–Crippen LogP) is 4.52. The number of fused-ring (bicyclic) bond motifs is 1. The van der Waals surface area contributed by atoms with Crippen LogP contribution < -0.4 is 15.1 Å². The fraction of sp³-hybridized carbons (Fsp3) is 0.308. The molecule has 1 aliphatic heterocycles. The third kappa shape index (κ3) is 4.33. The number of nitrogens with zero attached hydrogens (tertiary/aromatic N) is 5. The maximum Gasteiger partial charge on any atom is 0.262 e. The summed E-state index contributed by atoms with van der Waals surface area (Å²) >= 11 is 1.45. The molecule has 1 N–H and O–H groups in total. The highest BCUT2D eigenvalue weighted by atomic mass is 32.1. The van der Waals surface area contributed by atoms with Gasteiger partial charge in [0.2, 0.25) is 0 Å². The number of anilines is 2. The summed E-state index contributed by atoms with van der Waals surface area (Å²) in [4.78, 5) is 33.4. The molecule has 174 valence electrons. The second kappa shape index (κ2) is 9.38. The number of nitrogens with one attached hydrogen (secondary N) is 1. The highest BCUT2D eigenvalue weighted by Gasteiger charge is 2.26. The molecule has 8 heteroatoms. The lowest BCUT2D eigenvalue weighted by Crippen LogP contribution is -2.47. The van der Waals surface area contributed by atoms with E-state index < -0.39 is 0 Å². The normalized spacial score (nSPS) is 14.9. The largest absolute Gasteiger partial charge is 0.353 e. The van der Waals surface area contributed by atoms with Gasteiger partial charge in [-0.3, -0.25) is 4.79 Å². The van der Waals surface area contributed by atoms with Gasteiger partial charge in [0.15, 0.2) is 0 Å². The van der Waals surface area contributed by atoms with E-state index in [4.69, 9.17) is 4.98 Å². The summed E-state index contributed by atoms with van der Waals surface area (Å²) in [6, 6.07) is 15.9. The van der Waals surface area contributed by atoms with E-state index in [0.717, 1.165) is 65.0 Å². The van der Waals surface area contributed by atoms with Gasteiger partial charge >= 0.3 is 0 Å². The van der Waals surface area contributed by atoms with Crippen molar-refractivity contribution in [3.63, 3.8) is 0 Å². The van der Waals surface area contributed by atoms with Crippen LogP contribution >= 0.6 is 11.3 Å². The van der Waals surface area contributed by atoms with Gasteiger partial charge in [0.05, 0.1) is 16.3 Å². The van der Waals surface area contributed by atoms with E-state index in [9.17, 15) is 4.79 Å². The van der Waals surface area contributed by atoms with Crippen LogP contribution in [0.25, 0.3) is 10.2 Å². The van der Waals surface area contributed by atoms with Gasteiger partial charge in [-0.1, -0.05) is 36.4 Å². The minimum absolute atomic E-state index is 0.0690. The van der Waals surface area contributed by atoms with Crippen LogP contribution in [0.5, 0.6) is 0 Å². The topological polar surface area (TPSA) is 74.2 Å². The molecule has 0 spiro atoms. The standard InChI is InChI=1S/C26H28N6OS/c1-17-22-24(32-15-13-31(14-16-32)21-11-7-8-12-27-21)29-19(3)30-26(22)34-23(17)25(33)28-18(2)20-9-5-4-6-10-20/h4-12,18H,13-16H2,1-3H3,(H,28,33). The Morgan fingerprint density at radius 1 is 0.971 bits per heavy atom. The molecule has 0 saturated carbocycles. The summed E-state index contributed by atoms with van der Waals surface area (Å²) in [7, 11) is 0. The van der Waals surface area contributed by atoms with E-state index in [1.54, 1.807) is 0 Å². The van der Waals surface area contributed by atoms with Gasteiger partial charge in [-0.2, -0.15) is 0 Å². The lowest BCUT2D eigenvalue weighted by atomic mass is 10.1. The number of hydrogen-bond acceptors (Lipinski definition) is 7. The van der Waals surface area contributed by atoms with Gasteiger partial charge in [0.25, 0.3) is 5.91 Å². The molecule has 1 saturated heterocycles. The molecule has 4 aromatic rings. The molecule has 0 aliphatic carbocycles. The number of pyridine rings is 1. The van der Waals surface area contributed by atoms with E-state index >= 15 is 0 Å². The molecule has 3 aromatic heterocycles. The number of carbonyl (C=O) groups is 1. The van der Waals surface area contributed by atoms with Crippen LogP contribution in [0.4, 0.5) is 11.6 Å². The Morgan fingerprint density at radius 2 is 1.68 bits per heavy atom. The molecule has 1 aliphatic rings. The highest BCUT2D eigenvalue weighted by molar-refractivity contribution is 7.20. The van der Waals surface area contributed by atoms with Crippen LogP contribution in [0.3, 0.4) is 0 Å². The molecule has 7 nitrogen and oxygen atoms in total. The van der Waals surface area contributed by atoms with E-state index in [1.807, 2.05) is 75.5 Å². The van der Waals surface area contributed by atoms with Gasteiger partial charge in [0, 0.05) is 32.4 Å². The number of rotatable bonds is 5. The fourth-order valence-electron chi connectivity index (χ4n) is 4.44. The van der Waals surface area contributed by atoms with E-state index in [-0.39, 0.29) is 11.9 Å². The Kier molecular flexibility index (Phi) is 6.15. The molecule has 1 unspecified atom stereocenters. The zero-order valence-electron chi connectivity index (χ0n) is 19.7. The van der Waals surface area contributed by atoms with Crippen molar-refractivity contribution in [3.8, 4) is 0 Å². The first kappa shape index (κ1) is 22.3. The minimum atomic E-state index is -0.0784. The van der Waals surface area contributed by atoms with E-state index in [1.165, 1.54) is 11.3 Å². The smallest absolute Gasteiger partial charge is 0.262 e. The molecule has 1 fully saturated rings. The SMILES string of the molecule is Cc1nc(N2CCN(c3ccccn3)CC2)c2c(C)c(C(=O)NC(C)c3ccccc3)sc2n1. The quantitative estimate of drug-likeness (QED) is 0.460. The number of piperazine rings is 1.